The smallest absolute Gasteiger partial charge is 0.265 e. The lowest BCUT2D eigenvalue weighted by atomic mass is 10.1. The van der Waals surface area contributed by atoms with Crippen LogP contribution in [0.1, 0.15) is 27.4 Å². The number of oxazole rings is 1. The Morgan fingerprint density at radius 1 is 1.47 bits per heavy atom. The Balaban J connectivity index is 2.05. The van der Waals surface area contributed by atoms with Crippen LogP contribution in [-0.2, 0) is 5.75 Å². The molecule has 1 heterocycles. The van der Waals surface area contributed by atoms with Crippen molar-refractivity contribution in [3.63, 3.8) is 0 Å². The number of nitrogen functional groups attached to an aromatic ring is 1. The number of hydrazine groups is 1. The maximum Gasteiger partial charge on any atom is 0.265 e. The minimum Gasteiger partial charge on any atom is -0.437 e. The fourth-order valence-corrected chi connectivity index (χ4v) is 2.39. The zero-order chi connectivity index (χ0) is 13.8. The summed E-state index contributed by atoms with van der Waals surface area (Å²) in [5.74, 6) is 6.33. The summed E-state index contributed by atoms with van der Waals surface area (Å²) in [6, 6.07) is 7.29. The van der Waals surface area contributed by atoms with Crippen LogP contribution in [-0.4, -0.2) is 10.9 Å². The highest BCUT2D eigenvalue weighted by Gasteiger charge is 2.08. The van der Waals surface area contributed by atoms with E-state index in [2.05, 4.69) is 10.4 Å². The molecule has 0 saturated heterocycles. The van der Waals surface area contributed by atoms with Crippen LogP contribution in [0.5, 0.6) is 0 Å². The van der Waals surface area contributed by atoms with Gasteiger partial charge in [0.15, 0.2) is 0 Å². The third-order valence-corrected chi connectivity index (χ3v) is 3.59. The summed E-state index contributed by atoms with van der Waals surface area (Å²) in [5, 5.41) is 0.642. The number of nitrogens with one attached hydrogen (secondary N) is 1. The molecule has 0 spiro atoms. The molecule has 1 aromatic heterocycles. The highest BCUT2D eigenvalue weighted by atomic mass is 32.2. The van der Waals surface area contributed by atoms with Crippen molar-refractivity contribution >= 4 is 17.7 Å². The number of amides is 1. The van der Waals surface area contributed by atoms with Crippen LogP contribution in [0.4, 0.5) is 0 Å². The van der Waals surface area contributed by atoms with Crippen molar-refractivity contribution in [2.45, 2.75) is 24.8 Å². The highest BCUT2D eigenvalue weighted by Crippen LogP contribution is 2.24. The van der Waals surface area contributed by atoms with Crippen molar-refractivity contribution in [2.24, 2.45) is 5.84 Å². The van der Waals surface area contributed by atoms with Crippen LogP contribution in [0.15, 0.2) is 33.9 Å². The van der Waals surface area contributed by atoms with Gasteiger partial charge in [0.2, 0.25) is 0 Å². The predicted molar refractivity (Wildman–Crippen MR) is 73.6 cm³/mol. The number of hydrogen-bond acceptors (Lipinski definition) is 5. The molecule has 0 aliphatic heterocycles. The molecule has 0 bridgehead atoms. The fraction of sp³-hybridized carbons (Fsp3) is 0.231. The zero-order valence-electron chi connectivity index (χ0n) is 10.8. The number of nitrogens with two attached hydrogens (primary N) is 1. The van der Waals surface area contributed by atoms with E-state index in [0.717, 1.165) is 17.0 Å². The van der Waals surface area contributed by atoms with Gasteiger partial charge in [-0.1, -0.05) is 23.9 Å². The minimum absolute atomic E-state index is 0.297. The van der Waals surface area contributed by atoms with E-state index in [1.165, 1.54) is 11.8 Å². The standard InChI is InChI=1S/C13H15N3O2S/c1-8-9(2)18-13(15-8)19-7-10-4-3-5-11(6-10)12(17)16-14/h3-6H,7,14H2,1-2H3,(H,16,17). The van der Waals surface area contributed by atoms with Gasteiger partial charge in [0.25, 0.3) is 11.1 Å². The largest absolute Gasteiger partial charge is 0.437 e. The second-order valence-corrected chi connectivity index (χ2v) is 5.01. The van der Waals surface area contributed by atoms with Gasteiger partial charge in [-0.2, -0.15) is 0 Å². The molecule has 5 nitrogen and oxygen atoms in total. The molecule has 19 heavy (non-hydrogen) atoms. The van der Waals surface area contributed by atoms with Crippen molar-refractivity contribution in [1.82, 2.24) is 10.4 Å². The van der Waals surface area contributed by atoms with E-state index in [1.54, 1.807) is 12.1 Å². The average Bonchev–Trinajstić information content (AvgIpc) is 2.75. The number of carbonyl (C=O) groups excluding carboxylic acids is 1. The Morgan fingerprint density at radius 2 is 2.26 bits per heavy atom. The van der Waals surface area contributed by atoms with Crippen LogP contribution in [0.25, 0.3) is 0 Å². The Morgan fingerprint density at radius 3 is 2.89 bits per heavy atom. The third kappa shape index (κ3) is 3.36. The lowest BCUT2D eigenvalue weighted by Gasteiger charge is -2.02. The number of nitrogens with zero attached hydrogens (tertiary/aromatic N) is 1. The van der Waals surface area contributed by atoms with Crippen molar-refractivity contribution in [1.29, 1.82) is 0 Å². The number of hydrogen-bond donors (Lipinski definition) is 2. The number of carbonyl (C=O) groups is 1. The number of aromatic nitrogens is 1. The maximum absolute atomic E-state index is 11.4. The normalized spacial score (nSPS) is 10.5. The average molecular weight is 277 g/mol. The first-order chi connectivity index (χ1) is 9.10. The number of benzene rings is 1. The summed E-state index contributed by atoms with van der Waals surface area (Å²) in [7, 11) is 0. The quantitative estimate of drug-likeness (QED) is 0.387. The predicted octanol–water partition coefficient (Wildman–Crippen LogP) is 2.19. The monoisotopic (exact) mass is 277 g/mol. The van der Waals surface area contributed by atoms with E-state index >= 15 is 0 Å². The second-order valence-electron chi connectivity index (χ2n) is 4.08. The molecule has 1 amide bonds. The van der Waals surface area contributed by atoms with E-state index in [0.29, 0.717) is 16.5 Å². The topological polar surface area (TPSA) is 81.2 Å². The van der Waals surface area contributed by atoms with Crippen molar-refractivity contribution in [2.75, 3.05) is 0 Å². The molecule has 0 fully saturated rings. The lowest BCUT2D eigenvalue weighted by molar-refractivity contribution is 0.0953. The molecule has 2 aromatic rings. The first kappa shape index (κ1) is 13.6. The molecule has 3 N–H and O–H groups in total. The molecule has 0 saturated carbocycles. The van der Waals surface area contributed by atoms with Gasteiger partial charge in [-0.3, -0.25) is 10.2 Å². The first-order valence-corrected chi connectivity index (χ1v) is 6.75. The van der Waals surface area contributed by atoms with Gasteiger partial charge in [-0.25, -0.2) is 10.8 Å². The minimum atomic E-state index is -0.297. The molecular formula is C13H15N3O2S. The van der Waals surface area contributed by atoms with Gasteiger partial charge in [0, 0.05) is 11.3 Å². The zero-order valence-corrected chi connectivity index (χ0v) is 11.6. The van der Waals surface area contributed by atoms with Crippen molar-refractivity contribution in [3.8, 4) is 0 Å². The van der Waals surface area contributed by atoms with Crippen LogP contribution >= 0.6 is 11.8 Å². The van der Waals surface area contributed by atoms with Gasteiger partial charge >= 0.3 is 0 Å². The molecule has 0 aliphatic rings. The number of aryl methyl sites for hydroxylation is 2. The molecule has 100 valence electrons. The SMILES string of the molecule is Cc1nc(SCc2cccc(C(=O)NN)c2)oc1C. The lowest BCUT2D eigenvalue weighted by Crippen LogP contribution is -2.29. The van der Waals surface area contributed by atoms with E-state index in [1.807, 2.05) is 26.0 Å². The number of rotatable bonds is 4. The Kier molecular flexibility index (Phi) is 4.24. The van der Waals surface area contributed by atoms with E-state index in [9.17, 15) is 4.79 Å². The first-order valence-electron chi connectivity index (χ1n) is 5.77. The highest BCUT2D eigenvalue weighted by molar-refractivity contribution is 7.98. The summed E-state index contributed by atoms with van der Waals surface area (Å²) < 4.78 is 5.49. The molecule has 0 unspecified atom stereocenters. The van der Waals surface area contributed by atoms with E-state index in [-0.39, 0.29) is 5.91 Å². The fourth-order valence-electron chi connectivity index (χ4n) is 1.54. The number of thioether (sulfide) groups is 1. The summed E-state index contributed by atoms with van der Waals surface area (Å²) in [6.45, 7) is 3.80. The van der Waals surface area contributed by atoms with Crippen LogP contribution in [0.3, 0.4) is 0 Å². The summed E-state index contributed by atoms with van der Waals surface area (Å²) in [4.78, 5) is 15.7. The van der Waals surface area contributed by atoms with Gasteiger partial charge in [-0.05, 0) is 31.5 Å². The van der Waals surface area contributed by atoms with Crippen molar-refractivity contribution < 1.29 is 9.21 Å². The molecule has 2 rings (SSSR count). The molecule has 6 heteroatoms. The van der Waals surface area contributed by atoms with Crippen LogP contribution < -0.4 is 11.3 Å². The molecule has 0 radical (unpaired) electrons. The van der Waals surface area contributed by atoms with Gasteiger partial charge < -0.3 is 4.42 Å². The Bertz CT molecular complexity index is 576. The van der Waals surface area contributed by atoms with E-state index in [4.69, 9.17) is 10.3 Å². The van der Waals surface area contributed by atoms with Crippen molar-refractivity contribution in [3.05, 3.63) is 46.8 Å². The van der Waals surface area contributed by atoms with Crippen LogP contribution in [0, 0.1) is 13.8 Å². The van der Waals surface area contributed by atoms with Gasteiger partial charge in [-0.15, -0.1) is 0 Å². The Labute approximate surface area is 115 Å². The second kappa shape index (κ2) is 5.90. The van der Waals surface area contributed by atoms with Gasteiger partial charge in [0.1, 0.15) is 5.76 Å². The summed E-state index contributed by atoms with van der Waals surface area (Å²) >= 11 is 1.50. The molecule has 1 aromatic carbocycles. The Hall–Kier alpha value is -1.79. The molecular weight excluding hydrogens is 262 g/mol. The van der Waals surface area contributed by atoms with E-state index < -0.39 is 0 Å². The van der Waals surface area contributed by atoms with Crippen LogP contribution in [0.2, 0.25) is 0 Å². The maximum atomic E-state index is 11.4. The summed E-state index contributed by atoms with van der Waals surface area (Å²) in [5.41, 5.74) is 4.57. The van der Waals surface area contributed by atoms with Gasteiger partial charge in [0.05, 0.1) is 5.69 Å². The third-order valence-electron chi connectivity index (χ3n) is 2.69. The summed E-state index contributed by atoms with van der Waals surface area (Å²) in [6.07, 6.45) is 0. The molecule has 0 atom stereocenters. The molecule has 0 aliphatic carbocycles.